The van der Waals surface area contributed by atoms with E-state index in [1.54, 1.807) is 30.9 Å². The highest BCUT2D eigenvalue weighted by Gasteiger charge is 2.37. The van der Waals surface area contributed by atoms with Crippen molar-refractivity contribution in [3.05, 3.63) is 47.3 Å². The first-order chi connectivity index (χ1) is 16.2. The summed E-state index contributed by atoms with van der Waals surface area (Å²) in [4.78, 5) is 31.2. The smallest absolute Gasteiger partial charge is 0.340 e. The Morgan fingerprint density at radius 1 is 1.35 bits per heavy atom. The molecule has 3 aromatic rings. The van der Waals surface area contributed by atoms with Gasteiger partial charge in [-0.05, 0) is 32.0 Å². The lowest BCUT2D eigenvalue weighted by atomic mass is 9.98. The van der Waals surface area contributed by atoms with Crippen LogP contribution in [0.2, 0.25) is 0 Å². The first kappa shape index (κ1) is 23.4. The van der Waals surface area contributed by atoms with Gasteiger partial charge in [-0.15, -0.1) is 11.3 Å². The van der Waals surface area contributed by atoms with E-state index in [-0.39, 0.29) is 35.0 Å². The van der Waals surface area contributed by atoms with Gasteiger partial charge in [0, 0.05) is 19.2 Å². The molecule has 1 N–H and O–H groups in total. The van der Waals surface area contributed by atoms with Crippen LogP contribution in [0, 0.1) is 24.2 Å². The van der Waals surface area contributed by atoms with E-state index in [1.807, 2.05) is 6.07 Å². The lowest BCUT2D eigenvalue weighted by molar-refractivity contribution is -0.123. The van der Waals surface area contributed by atoms with Crippen molar-refractivity contribution in [2.45, 2.75) is 18.1 Å². The predicted molar refractivity (Wildman–Crippen MR) is 120 cm³/mol. The molecule has 0 aliphatic carbocycles. The molecular formula is C21H19N5O6S2. The van der Waals surface area contributed by atoms with Crippen LogP contribution in [0.1, 0.15) is 28.5 Å². The number of pyridine rings is 1. The van der Waals surface area contributed by atoms with Gasteiger partial charge in [0.25, 0.3) is 10.0 Å². The molecule has 13 heteroatoms. The molecular weight excluding hydrogens is 482 g/mol. The molecule has 0 saturated carbocycles. The third kappa shape index (κ3) is 4.50. The lowest BCUT2D eigenvalue weighted by Gasteiger charge is -2.39. The second-order valence-corrected chi connectivity index (χ2v) is 10.4. The second kappa shape index (κ2) is 9.24. The summed E-state index contributed by atoms with van der Waals surface area (Å²) in [6.07, 6.45) is 1.45. The topological polar surface area (TPSA) is 155 Å². The number of aryl methyl sites for hydroxylation is 1. The fraction of sp³-hybridized carbons (Fsp3) is 0.286. The summed E-state index contributed by atoms with van der Waals surface area (Å²) in [5.41, 5.74) is 0.755. The Morgan fingerprint density at radius 3 is 2.76 bits per heavy atom. The molecule has 0 aromatic carbocycles. The first-order valence-corrected chi connectivity index (χ1v) is 12.4. The maximum absolute atomic E-state index is 12.6. The molecule has 1 aliphatic rings. The number of aromatic nitrogens is 2. The van der Waals surface area contributed by atoms with Crippen molar-refractivity contribution in [3.8, 4) is 16.7 Å². The number of sulfonamides is 1. The summed E-state index contributed by atoms with van der Waals surface area (Å²) in [7, 11) is -4.05. The number of nitrogens with one attached hydrogen (secondary N) is 1. The zero-order chi connectivity index (χ0) is 24.5. The number of thiophene rings is 1. The maximum Gasteiger partial charge on any atom is 0.340 e. The van der Waals surface area contributed by atoms with Crippen molar-refractivity contribution < 1.29 is 27.3 Å². The minimum absolute atomic E-state index is 0.0259. The number of esters is 1. The van der Waals surface area contributed by atoms with Crippen molar-refractivity contribution in [1.82, 2.24) is 14.9 Å². The number of nitriles is 1. The van der Waals surface area contributed by atoms with Gasteiger partial charge in [-0.3, -0.25) is 4.79 Å². The number of rotatable bonds is 7. The summed E-state index contributed by atoms with van der Waals surface area (Å²) < 4.78 is 37.4. The van der Waals surface area contributed by atoms with Crippen molar-refractivity contribution in [2.24, 2.45) is 5.92 Å². The molecule has 1 saturated heterocycles. The summed E-state index contributed by atoms with van der Waals surface area (Å²) >= 11 is 0.957. The van der Waals surface area contributed by atoms with Crippen LogP contribution in [0.4, 0.5) is 5.82 Å². The summed E-state index contributed by atoms with van der Waals surface area (Å²) in [5, 5.41) is 13.1. The average Bonchev–Trinajstić information content (AvgIpc) is 3.45. The summed E-state index contributed by atoms with van der Waals surface area (Å²) in [6.45, 7) is 3.85. The van der Waals surface area contributed by atoms with E-state index in [4.69, 9.17) is 9.26 Å². The molecule has 0 atom stereocenters. The summed E-state index contributed by atoms with van der Waals surface area (Å²) in [5.74, 6) is -1.07. The highest BCUT2D eigenvalue weighted by molar-refractivity contribution is 7.92. The van der Waals surface area contributed by atoms with Crippen LogP contribution in [-0.2, 0) is 19.6 Å². The van der Waals surface area contributed by atoms with E-state index in [2.05, 4.69) is 14.9 Å². The van der Waals surface area contributed by atoms with Gasteiger partial charge < -0.3 is 14.2 Å². The Kier molecular flexibility index (Phi) is 6.36. The Bertz CT molecular complexity index is 1390. The van der Waals surface area contributed by atoms with Gasteiger partial charge in [0.05, 0.1) is 40.4 Å². The van der Waals surface area contributed by atoms with E-state index < -0.39 is 27.8 Å². The number of carbonyl (C=O) groups excluding carboxylic acids is 2. The van der Waals surface area contributed by atoms with Gasteiger partial charge in [0.15, 0.2) is 5.76 Å². The lowest BCUT2D eigenvalue weighted by Crippen LogP contribution is -2.55. The third-order valence-electron chi connectivity index (χ3n) is 5.12. The fourth-order valence-corrected chi connectivity index (χ4v) is 5.66. The molecule has 11 nitrogen and oxygen atoms in total. The minimum Gasteiger partial charge on any atom is -0.462 e. The van der Waals surface area contributed by atoms with Gasteiger partial charge in [-0.2, -0.15) is 5.26 Å². The highest BCUT2D eigenvalue weighted by Crippen LogP contribution is 2.31. The number of hydrogen-bond acceptors (Lipinski definition) is 11. The minimum atomic E-state index is -4.05. The molecule has 0 bridgehead atoms. The highest BCUT2D eigenvalue weighted by atomic mass is 32.2. The number of hydrogen-bond donors (Lipinski definition) is 1. The third-order valence-corrected chi connectivity index (χ3v) is 8.06. The molecule has 1 amide bonds. The van der Waals surface area contributed by atoms with E-state index in [0.29, 0.717) is 22.1 Å². The van der Waals surface area contributed by atoms with Crippen molar-refractivity contribution in [3.63, 3.8) is 0 Å². The van der Waals surface area contributed by atoms with Crippen molar-refractivity contribution in [1.29, 1.82) is 5.26 Å². The number of carbonyl (C=O) groups is 2. The van der Waals surface area contributed by atoms with E-state index >= 15 is 0 Å². The standard InChI is InChI=1S/C21H19N5O6S2/c1-3-31-21(28)15-8-13(9-22)19(24-12(15)2)26-10-14(11-26)20(27)25-34(29,30)18-5-4-17(33-18)16-6-7-23-32-16/h4-8,14H,3,10-11H2,1-2H3,(H,25,27). The zero-order valence-corrected chi connectivity index (χ0v) is 19.8. The number of ether oxygens (including phenoxy) is 1. The predicted octanol–water partition coefficient (Wildman–Crippen LogP) is 2.10. The Morgan fingerprint density at radius 2 is 2.12 bits per heavy atom. The zero-order valence-electron chi connectivity index (χ0n) is 18.1. The number of amides is 1. The Labute approximate surface area is 199 Å². The Balaban J connectivity index is 1.42. The van der Waals surface area contributed by atoms with Crippen LogP contribution < -0.4 is 9.62 Å². The quantitative estimate of drug-likeness (QED) is 0.476. The van der Waals surface area contributed by atoms with Crippen molar-refractivity contribution >= 4 is 39.1 Å². The van der Waals surface area contributed by atoms with Crippen molar-refractivity contribution in [2.75, 3.05) is 24.6 Å². The SMILES string of the molecule is CCOC(=O)c1cc(C#N)c(N2CC(C(=O)NS(=O)(=O)c3ccc(-c4ccno4)s3)C2)nc1C. The molecule has 4 heterocycles. The van der Waals surface area contributed by atoms with Crippen LogP contribution in [0.25, 0.3) is 10.6 Å². The monoisotopic (exact) mass is 501 g/mol. The van der Waals surface area contributed by atoms with Crippen LogP contribution in [0.3, 0.4) is 0 Å². The molecule has 3 aromatic heterocycles. The van der Waals surface area contributed by atoms with Gasteiger partial charge in [0.1, 0.15) is 16.1 Å². The van der Waals surface area contributed by atoms with Crippen LogP contribution in [-0.4, -0.2) is 50.1 Å². The summed E-state index contributed by atoms with van der Waals surface area (Å²) in [6, 6.07) is 7.99. The van der Waals surface area contributed by atoms with Crippen LogP contribution in [0.15, 0.2) is 39.2 Å². The number of anilines is 1. The van der Waals surface area contributed by atoms with Crippen LogP contribution >= 0.6 is 11.3 Å². The molecule has 0 radical (unpaired) electrons. The molecule has 1 aliphatic heterocycles. The Hall–Kier alpha value is -3.76. The normalized spacial score (nSPS) is 13.7. The molecule has 0 spiro atoms. The fourth-order valence-electron chi connectivity index (χ4n) is 3.35. The largest absolute Gasteiger partial charge is 0.462 e. The second-order valence-electron chi connectivity index (χ2n) is 7.39. The molecule has 34 heavy (non-hydrogen) atoms. The van der Waals surface area contributed by atoms with E-state index in [1.165, 1.54) is 18.3 Å². The average molecular weight is 502 g/mol. The van der Waals surface area contributed by atoms with Gasteiger partial charge in [-0.25, -0.2) is 22.9 Å². The van der Waals surface area contributed by atoms with Gasteiger partial charge in [0.2, 0.25) is 5.91 Å². The number of nitrogens with zero attached hydrogens (tertiary/aromatic N) is 4. The molecule has 4 rings (SSSR count). The molecule has 176 valence electrons. The molecule has 1 fully saturated rings. The maximum atomic E-state index is 12.6. The van der Waals surface area contributed by atoms with Crippen LogP contribution in [0.5, 0.6) is 0 Å². The first-order valence-electron chi connectivity index (χ1n) is 10.1. The van der Waals surface area contributed by atoms with Gasteiger partial charge >= 0.3 is 5.97 Å². The van der Waals surface area contributed by atoms with E-state index in [9.17, 15) is 23.3 Å². The van der Waals surface area contributed by atoms with E-state index in [0.717, 1.165) is 11.3 Å². The molecule has 0 unspecified atom stereocenters. The van der Waals surface area contributed by atoms with Gasteiger partial charge in [-0.1, -0.05) is 5.16 Å².